The number of benzene rings is 2. The summed E-state index contributed by atoms with van der Waals surface area (Å²) in [5.41, 5.74) is 1.33. The van der Waals surface area contributed by atoms with Gasteiger partial charge in [0.15, 0.2) is 5.78 Å². The van der Waals surface area contributed by atoms with Crippen LogP contribution in [0, 0.1) is 0 Å². The molecule has 0 saturated heterocycles. The van der Waals surface area contributed by atoms with Crippen LogP contribution in [0.4, 0.5) is 5.69 Å². The molecule has 2 aromatic carbocycles. The van der Waals surface area contributed by atoms with Crippen LogP contribution in [-0.2, 0) is 4.79 Å². The predicted octanol–water partition coefficient (Wildman–Crippen LogP) is 3.85. The first-order chi connectivity index (χ1) is 10.1. The van der Waals surface area contributed by atoms with Gasteiger partial charge in [0.25, 0.3) is 5.91 Å². The molecule has 0 aliphatic rings. The Morgan fingerprint density at radius 1 is 0.952 bits per heavy atom. The van der Waals surface area contributed by atoms with Gasteiger partial charge in [0.05, 0.1) is 0 Å². The lowest BCUT2D eigenvalue weighted by Gasteiger charge is -2.14. The normalized spacial score (nSPS) is 10.6. The zero-order valence-corrected chi connectivity index (χ0v) is 13.1. The van der Waals surface area contributed by atoms with Gasteiger partial charge in [-0.2, -0.15) is 0 Å². The number of ketones is 1. The van der Waals surface area contributed by atoms with Crippen molar-refractivity contribution in [3.8, 4) is 0 Å². The zero-order chi connectivity index (χ0) is 15.2. The lowest BCUT2D eigenvalue weighted by molar-refractivity contribution is -0.113. The predicted molar refractivity (Wildman–Crippen MR) is 87.5 cm³/mol. The van der Waals surface area contributed by atoms with Crippen LogP contribution in [0.1, 0.15) is 10.4 Å². The van der Waals surface area contributed by atoms with E-state index in [2.05, 4.69) is 15.9 Å². The van der Waals surface area contributed by atoms with Gasteiger partial charge in [-0.1, -0.05) is 34.1 Å². The lowest BCUT2D eigenvalue weighted by atomic mass is 10.1. The van der Waals surface area contributed by atoms with Crippen molar-refractivity contribution in [1.82, 2.24) is 0 Å². The quantitative estimate of drug-likeness (QED) is 0.624. The number of likely N-dealkylation sites (N-methyl/N-ethyl adjacent to an activating group) is 1. The number of carbonyl (C=O) groups excluding carboxylic acids is 2. The maximum Gasteiger partial charge on any atom is 0.250 e. The second kappa shape index (κ2) is 6.99. The van der Waals surface area contributed by atoms with Gasteiger partial charge in [0, 0.05) is 28.8 Å². The van der Waals surface area contributed by atoms with Crippen LogP contribution < -0.4 is 4.90 Å². The average Bonchev–Trinajstić information content (AvgIpc) is 2.53. The molecule has 0 saturated carbocycles. The lowest BCUT2D eigenvalue weighted by Crippen LogP contribution is -2.24. The molecular formula is C17H14BrNO2. The summed E-state index contributed by atoms with van der Waals surface area (Å²) in [5.74, 6) is -0.441. The van der Waals surface area contributed by atoms with E-state index in [1.54, 1.807) is 31.3 Å². The van der Waals surface area contributed by atoms with E-state index < -0.39 is 0 Å². The zero-order valence-electron chi connectivity index (χ0n) is 11.5. The number of allylic oxidation sites excluding steroid dienone is 1. The van der Waals surface area contributed by atoms with E-state index in [4.69, 9.17) is 0 Å². The van der Waals surface area contributed by atoms with Crippen molar-refractivity contribution in [2.24, 2.45) is 0 Å². The Labute approximate surface area is 132 Å². The molecule has 21 heavy (non-hydrogen) atoms. The molecule has 0 aromatic heterocycles. The molecule has 0 aliphatic heterocycles. The largest absolute Gasteiger partial charge is 0.312 e. The van der Waals surface area contributed by atoms with E-state index in [1.165, 1.54) is 17.1 Å². The minimum absolute atomic E-state index is 0.197. The number of nitrogens with zero attached hydrogens (tertiary/aromatic N) is 1. The molecule has 4 heteroatoms. The number of hydrogen-bond donors (Lipinski definition) is 0. The molecule has 0 radical (unpaired) electrons. The van der Waals surface area contributed by atoms with E-state index >= 15 is 0 Å². The van der Waals surface area contributed by atoms with Gasteiger partial charge in [-0.15, -0.1) is 0 Å². The van der Waals surface area contributed by atoms with Crippen molar-refractivity contribution in [3.63, 3.8) is 0 Å². The second-order valence-electron chi connectivity index (χ2n) is 4.44. The van der Waals surface area contributed by atoms with E-state index in [1.807, 2.05) is 30.3 Å². The van der Waals surface area contributed by atoms with Crippen LogP contribution in [0.25, 0.3) is 0 Å². The third kappa shape index (κ3) is 4.13. The van der Waals surface area contributed by atoms with E-state index in [9.17, 15) is 9.59 Å². The van der Waals surface area contributed by atoms with Gasteiger partial charge < -0.3 is 4.90 Å². The molecule has 1 amide bonds. The van der Waals surface area contributed by atoms with Gasteiger partial charge in [-0.05, 0) is 42.5 Å². The summed E-state index contributed by atoms with van der Waals surface area (Å²) in [6.45, 7) is 0. The number of para-hydroxylation sites is 1. The first kappa shape index (κ1) is 15.2. The van der Waals surface area contributed by atoms with Crippen molar-refractivity contribution in [2.45, 2.75) is 0 Å². The number of carbonyl (C=O) groups is 2. The first-order valence-corrected chi connectivity index (χ1v) is 7.18. The summed E-state index contributed by atoms with van der Waals surface area (Å²) < 4.78 is 0.905. The minimum Gasteiger partial charge on any atom is -0.312 e. The van der Waals surface area contributed by atoms with Gasteiger partial charge >= 0.3 is 0 Å². The topological polar surface area (TPSA) is 37.4 Å². The second-order valence-corrected chi connectivity index (χ2v) is 5.35. The molecule has 0 N–H and O–H groups in total. The average molecular weight is 344 g/mol. The number of anilines is 1. The maximum absolute atomic E-state index is 12.0. The summed E-state index contributed by atoms with van der Waals surface area (Å²) in [6, 6.07) is 16.3. The summed E-state index contributed by atoms with van der Waals surface area (Å²) in [5, 5.41) is 0. The Hall–Kier alpha value is -2.20. The molecule has 0 spiro atoms. The summed E-state index contributed by atoms with van der Waals surface area (Å²) in [4.78, 5) is 25.5. The smallest absolute Gasteiger partial charge is 0.250 e. The fourth-order valence-electron chi connectivity index (χ4n) is 1.75. The van der Waals surface area contributed by atoms with Crippen LogP contribution in [0.2, 0.25) is 0 Å². The van der Waals surface area contributed by atoms with E-state index in [-0.39, 0.29) is 11.7 Å². The molecular weight excluding hydrogens is 330 g/mol. The van der Waals surface area contributed by atoms with E-state index in [0.717, 1.165) is 10.2 Å². The van der Waals surface area contributed by atoms with Crippen LogP contribution >= 0.6 is 15.9 Å². The third-order valence-electron chi connectivity index (χ3n) is 2.98. The molecule has 0 bridgehead atoms. The monoisotopic (exact) mass is 343 g/mol. The number of hydrogen-bond acceptors (Lipinski definition) is 2. The molecule has 0 atom stereocenters. The van der Waals surface area contributed by atoms with Gasteiger partial charge in [0.2, 0.25) is 0 Å². The third-order valence-corrected chi connectivity index (χ3v) is 3.51. The van der Waals surface area contributed by atoms with Gasteiger partial charge in [-0.25, -0.2) is 0 Å². The number of halogens is 1. The highest BCUT2D eigenvalue weighted by atomic mass is 79.9. The van der Waals surface area contributed by atoms with Crippen LogP contribution in [0.3, 0.4) is 0 Å². The Morgan fingerprint density at radius 2 is 1.57 bits per heavy atom. The van der Waals surface area contributed by atoms with Crippen LogP contribution in [0.15, 0.2) is 71.2 Å². The van der Waals surface area contributed by atoms with Crippen LogP contribution in [0.5, 0.6) is 0 Å². The van der Waals surface area contributed by atoms with Crippen LogP contribution in [-0.4, -0.2) is 18.7 Å². The van der Waals surface area contributed by atoms with Crippen molar-refractivity contribution in [1.29, 1.82) is 0 Å². The number of amides is 1. The molecule has 0 heterocycles. The van der Waals surface area contributed by atoms with Crippen molar-refractivity contribution in [2.75, 3.05) is 11.9 Å². The summed E-state index contributed by atoms with van der Waals surface area (Å²) in [6.07, 6.45) is 2.59. The Bertz CT molecular complexity index is 663. The molecule has 0 unspecified atom stereocenters. The molecule has 2 aromatic rings. The van der Waals surface area contributed by atoms with Crippen molar-refractivity contribution >= 4 is 33.3 Å². The van der Waals surface area contributed by atoms with Gasteiger partial charge in [-0.3, -0.25) is 9.59 Å². The molecule has 2 rings (SSSR count). The summed E-state index contributed by atoms with van der Waals surface area (Å²) in [7, 11) is 1.67. The number of rotatable bonds is 4. The van der Waals surface area contributed by atoms with Crippen molar-refractivity contribution < 1.29 is 9.59 Å². The first-order valence-electron chi connectivity index (χ1n) is 6.38. The minimum atomic E-state index is -0.244. The van der Waals surface area contributed by atoms with Gasteiger partial charge in [0.1, 0.15) is 0 Å². The summed E-state index contributed by atoms with van der Waals surface area (Å²) >= 11 is 3.31. The fourth-order valence-corrected chi connectivity index (χ4v) is 2.01. The fraction of sp³-hybridized carbons (Fsp3) is 0.0588. The highest BCUT2D eigenvalue weighted by Crippen LogP contribution is 2.13. The maximum atomic E-state index is 12.0. The Balaban J connectivity index is 2.05. The standard InChI is InChI=1S/C17H14BrNO2/c1-19(15-5-3-2-4-6-15)17(21)12-11-16(20)13-7-9-14(18)10-8-13/h2-12H,1H3/b12-11+. The molecule has 0 fully saturated rings. The Kier molecular flexibility index (Phi) is 5.06. The van der Waals surface area contributed by atoms with Crippen molar-refractivity contribution in [3.05, 3.63) is 76.8 Å². The highest BCUT2D eigenvalue weighted by Gasteiger charge is 2.08. The highest BCUT2D eigenvalue weighted by molar-refractivity contribution is 9.10. The Morgan fingerprint density at radius 3 is 2.19 bits per heavy atom. The molecule has 3 nitrogen and oxygen atoms in total. The SMILES string of the molecule is CN(C(=O)/C=C/C(=O)c1ccc(Br)cc1)c1ccccc1. The van der Waals surface area contributed by atoms with E-state index in [0.29, 0.717) is 5.56 Å². The molecule has 0 aliphatic carbocycles. The molecule has 106 valence electrons.